The Hall–Kier alpha value is -4.15. The maximum absolute atomic E-state index is 13.4. The molecule has 0 spiro atoms. The van der Waals surface area contributed by atoms with Gasteiger partial charge >= 0.3 is 0 Å². The van der Waals surface area contributed by atoms with Crippen LogP contribution in [-0.2, 0) is 0 Å². The molecule has 2 N–H and O–H groups in total. The molecule has 3 amide bonds. The van der Waals surface area contributed by atoms with Gasteiger partial charge in [-0.15, -0.1) is 0 Å². The number of halogens is 2. The average molecular weight is 455 g/mol. The van der Waals surface area contributed by atoms with E-state index in [0.29, 0.717) is 25.9 Å². The molecule has 11 heteroatoms. The molecule has 9 nitrogen and oxygen atoms in total. The first kappa shape index (κ1) is 22.1. The number of piperidine rings is 1. The van der Waals surface area contributed by atoms with Crippen molar-refractivity contribution < 1.29 is 27.6 Å². The topological polar surface area (TPSA) is 117 Å². The molecule has 0 aliphatic carbocycles. The predicted molar refractivity (Wildman–Crippen MR) is 111 cm³/mol. The molecule has 0 bridgehead atoms. The molecule has 1 fully saturated rings. The first-order valence-corrected chi connectivity index (χ1v) is 10.1. The lowest BCUT2D eigenvalue weighted by Gasteiger charge is -2.31. The summed E-state index contributed by atoms with van der Waals surface area (Å²) in [6.07, 6.45) is 5.07. The van der Waals surface area contributed by atoms with Gasteiger partial charge in [0.15, 0.2) is 28.9 Å². The molecule has 1 aromatic carbocycles. The van der Waals surface area contributed by atoms with Crippen LogP contribution in [0, 0.1) is 11.6 Å². The van der Waals surface area contributed by atoms with Crippen LogP contribution >= 0.6 is 0 Å². The number of benzene rings is 1. The number of nitrogens with one attached hydrogen (secondary N) is 2. The summed E-state index contributed by atoms with van der Waals surface area (Å²) in [6.45, 7) is 0.870. The average Bonchev–Trinajstić information content (AvgIpc) is 3.36. The summed E-state index contributed by atoms with van der Waals surface area (Å²) in [6, 6.07) is 5.72. The Morgan fingerprint density at radius 1 is 1.00 bits per heavy atom. The van der Waals surface area contributed by atoms with Crippen molar-refractivity contribution in [2.24, 2.45) is 0 Å². The van der Waals surface area contributed by atoms with Crippen LogP contribution in [0.25, 0.3) is 0 Å². The molecule has 1 aliphatic rings. The molecule has 0 atom stereocenters. The zero-order chi connectivity index (χ0) is 23.4. The number of furan rings is 1. The van der Waals surface area contributed by atoms with E-state index in [1.54, 1.807) is 17.0 Å². The minimum Gasteiger partial charge on any atom is -0.459 e. The standard InChI is InChI=1S/C22H19F2N5O4/c23-15-4-3-13(12-16(15)24)20(30)28-19-18(25-7-8-26-19)21(31)27-14-5-9-29(10-6-14)22(32)17-2-1-11-33-17/h1-4,7-8,11-12,14H,5-6,9-10H2,(H,27,31)(H,26,28,30). The van der Waals surface area contributed by atoms with Gasteiger partial charge in [-0.25, -0.2) is 18.7 Å². The van der Waals surface area contributed by atoms with Crippen LogP contribution < -0.4 is 10.6 Å². The Kier molecular flexibility index (Phi) is 6.38. The second-order valence-electron chi connectivity index (χ2n) is 7.35. The predicted octanol–water partition coefficient (Wildman–Crippen LogP) is 2.63. The first-order chi connectivity index (χ1) is 15.9. The lowest BCUT2D eigenvalue weighted by Crippen LogP contribution is -2.46. The van der Waals surface area contributed by atoms with E-state index < -0.39 is 23.4 Å². The molecule has 0 unspecified atom stereocenters. The maximum Gasteiger partial charge on any atom is 0.289 e. The van der Waals surface area contributed by atoms with Gasteiger partial charge in [0.25, 0.3) is 17.7 Å². The van der Waals surface area contributed by atoms with Crippen LogP contribution in [0.3, 0.4) is 0 Å². The van der Waals surface area contributed by atoms with E-state index in [1.165, 1.54) is 18.7 Å². The van der Waals surface area contributed by atoms with Crippen molar-refractivity contribution in [3.05, 3.63) is 77.6 Å². The van der Waals surface area contributed by atoms with Gasteiger partial charge in [0.2, 0.25) is 0 Å². The zero-order valence-electron chi connectivity index (χ0n) is 17.3. The van der Waals surface area contributed by atoms with Crippen LogP contribution in [0.5, 0.6) is 0 Å². The molecule has 0 saturated carbocycles. The highest BCUT2D eigenvalue weighted by atomic mass is 19.2. The fourth-order valence-corrected chi connectivity index (χ4v) is 3.45. The third kappa shape index (κ3) is 5.03. The van der Waals surface area contributed by atoms with Crippen LogP contribution in [0.4, 0.5) is 14.6 Å². The minimum absolute atomic E-state index is 0.116. The maximum atomic E-state index is 13.4. The normalized spacial score (nSPS) is 14.1. The number of likely N-dealkylation sites (tertiary alicyclic amines) is 1. The van der Waals surface area contributed by atoms with Crippen molar-refractivity contribution in [2.75, 3.05) is 18.4 Å². The van der Waals surface area contributed by atoms with Crippen molar-refractivity contribution >= 4 is 23.5 Å². The van der Waals surface area contributed by atoms with Crippen LogP contribution in [0.15, 0.2) is 53.4 Å². The Balaban J connectivity index is 1.38. The largest absolute Gasteiger partial charge is 0.459 e. The molecule has 33 heavy (non-hydrogen) atoms. The Morgan fingerprint density at radius 3 is 2.45 bits per heavy atom. The van der Waals surface area contributed by atoms with E-state index in [4.69, 9.17) is 4.42 Å². The van der Waals surface area contributed by atoms with Crippen LogP contribution in [-0.4, -0.2) is 51.7 Å². The Morgan fingerprint density at radius 2 is 1.76 bits per heavy atom. The van der Waals surface area contributed by atoms with Gasteiger partial charge < -0.3 is 20.0 Å². The molecule has 0 radical (unpaired) electrons. The summed E-state index contributed by atoms with van der Waals surface area (Å²) in [7, 11) is 0. The second-order valence-corrected chi connectivity index (χ2v) is 7.35. The zero-order valence-corrected chi connectivity index (χ0v) is 17.3. The second kappa shape index (κ2) is 9.55. The van der Waals surface area contributed by atoms with E-state index in [2.05, 4.69) is 20.6 Å². The summed E-state index contributed by atoms with van der Waals surface area (Å²) in [5, 5.41) is 5.24. The number of hydrogen-bond acceptors (Lipinski definition) is 6. The summed E-state index contributed by atoms with van der Waals surface area (Å²) in [5.41, 5.74) is -0.262. The first-order valence-electron chi connectivity index (χ1n) is 10.1. The highest BCUT2D eigenvalue weighted by Crippen LogP contribution is 2.17. The van der Waals surface area contributed by atoms with Gasteiger partial charge in [-0.1, -0.05) is 0 Å². The van der Waals surface area contributed by atoms with E-state index >= 15 is 0 Å². The number of carbonyl (C=O) groups is 3. The van der Waals surface area contributed by atoms with E-state index in [0.717, 1.165) is 18.2 Å². The van der Waals surface area contributed by atoms with Crippen LogP contribution in [0.1, 0.15) is 44.2 Å². The number of anilines is 1. The molecule has 1 aliphatic heterocycles. The highest BCUT2D eigenvalue weighted by Gasteiger charge is 2.27. The van der Waals surface area contributed by atoms with Gasteiger partial charge in [-0.05, 0) is 43.2 Å². The molecule has 3 aromatic rings. The van der Waals surface area contributed by atoms with Gasteiger partial charge in [0.05, 0.1) is 6.26 Å². The Labute approximate surface area is 186 Å². The minimum atomic E-state index is -1.17. The lowest BCUT2D eigenvalue weighted by atomic mass is 10.0. The lowest BCUT2D eigenvalue weighted by molar-refractivity contribution is 0.0667. The number of rotatable bonds is 5. The fourth-order valence-electron chi connectivity index (χ4n) is 3.45. The summed E-state index contributed by atoms with van der Waals surface area (Å²) >= 11 is 0. The molecular formula is C22H19F2N5O4. The monoisotopic (exact) mass is 455 g/mol. The summed E-state index contributed by atoms with van der Waals surface area (Å²) in [4.78, 5) is 47.2. The van der Waals surface area contributed by atoms with Crippen molar-refractivity contribution in [3.63, 3.8) is 0 Å². The van der Waals surface area contributed by atoms with Gasteiger partial charge in [-0.3, -0.25) is 14.4 Å². The smallest absolute Gasteiger partial charge is 0.289 e. The number of carbonyl (C=O) groups excluding carboxylic acids is 3. The third-order valence-corrected chi connectivity index (χ3v) is 5.18. The van der Waals surface area contributed by atoms with Crippen molar-refractivity contribution in [1.29, 1.82) is 0 Å². The fraction of sp³-hybridized carbons (Fsp3) is 0.227. The number of aromatic nitrogens is 2. The van der Waals surface area contributed by atoms with Crippen molar-refractivity contribution in [2.45, 2.75) is 18.9 Å². The molecule has 1 saturated heterocycles. The molecule has 2 aromatic heterocycles. The van der Waals surface area contributed by atoms with E-state index in [9.17, 15) is 23.2 Å². The summed E-state index contributed by atoms with van der Waals surface area (Å²) < 4.78 is 31.7. The molecular weight excluding hydrogens is 436 g/mol. The van der Waals surface area contributed by atoms with Crippen molar-refractivity contribution in [1.82, 2.24) is 20.2 Å². The quantitative estimate of drug-likeness (QED) is 0.611. The van der Waals surface area contributed by atoms with Gasteiger partial charge in [-0.2, -0.15) is 0 Å². The van der Waals surface area contributed by atoms with E-state index in [1.807, 2.05) is 0 Å². The third-order valence-electron chi connectivity index (χ3n) is 5.18. The molecule has 4 rings (SSSR count). The highest BCUT2D eigenvalue weighted by molar-refractivity contribution is 6.07. The molecule has 3 heterocycles. The Bertz CT molecular complexity index is 1180. The summed E-state index contributed by atoms with van der Waals surface area (Å²) in [5.74, 6) is -3.64. The number of hydrogen-bond donors (Lipinski definition) is 2. The molecule has 170 valence electrons. The van der Waals surface area contributed by atoms with Gasteiger partial charge in [0, 0.05) is 37.1 Å². The van der Waals surface area contributed by atoms with Crippen molar-refractivity contribution in [3.8, 4) is 0 Å². The number of amides is 3. The SMILES string of the molecule is O=C(Nc1nccnc1C(=O)NC1CCN(C(=O)c2ccco2)CC1)c1ccc(F)c(F)c1. The van der Waals surface area contributed by atoms with Crippen LogP contribution in [0.2, 0.25) is 0 Å². The van der Waals surface area contributed by atoms with E-state index in [-0.39, 0.29) is 34.8 Å². The number of nitrogens with zero attached hydrogens (tertiary/aromatic N) is 3. The van der Waals surface area contributed by atoms with Gasteiger partial charge in [0.1, 0.15) is 0 Å².